The van der Waals surface area contributed by atoms with Gasteiger partial charge in [-0.25, -0.2) is 4.98 Å². The summed E-state index contributed by atoms with van der Waals surface area (Å²) in [6.45, 7) is 2.33. The van der Waals surface area contributed by atoms with Crippen LogP contribution in [0.25, 0.3) is 11.5 Å². The smallest absolute Gasteiger partial charge is 0.315 e. The Morgan fingerprint density at radius 2 is 1.77 bits per heavy atom. The van der Waals surface area contributed by atoms with Crippen molar-refractivity contribution in [3.05, 3.63) is 65.9 Å². The minimum absolute atomic E-state index is 0.304. The summed E-state index contributed by atoms with van der Waals surface area (Å²) >= 11 is 0. The van der Waals surface area contributed by atoms with Gasteiger partial charge in [-0.3, -0.25) is 0 Å². The third-order valence-electron chi connectivity index (χ3n) is 3.66. The first-order chi connectivity index (χ1) is 12.8. The molecule has 0 bridgehead atoms. The van der Waals surface area contributed by atoms with E-state index in [1.54, 1.807) is 7.11 Å². The molecular formula is C20H20N2O4. The van der Waals surface area contributed by atoms with Crippen LogP contribution < -0.4 is 9.47 Å². The number of aromatic nitrogens is 1. The van der Waals surface area contributed by atoms with Gasteiger partial charge in [0.25, 0.3) is 0 Å². The molecule has 0 spiro atoms. The summed E-state index contributed by atoms with van der Waals surface area (Å²) in [5.74, 6) is 1.51. The van der Waals surface area contributed by atoms with Crippen LogP contribution >= 0.6 is 0 Å². The molecule has 6 heteroatoms. The molecule has 134 valence electrons. The average Bonchev–Trinajstić information content (AvgIpc) is 3.11. The van der Waals surface area contributed by atoms with Crippen LogP contribution in [-0.4, -0.2) is 31.5 Å². The average molecular weight is 352 g/mol. The zero-order valence-corrected chi connectivity index (χ0v) is 14.9. The molecular weight excluding hydrogens is 332 g/mol. The third kappa shape index (κ3) is 3.69. The van der Waals surface area contributed by atoms with Crippen LogP contribution in [-0.2, 0) is 4.84 Å². The van der Waals surface area contributed by atoms with Crippen LogP contribution in [0, 0.1) is 0 Å². The summed E-state index contributed by atoms with van der Waals surface area (Å²) in [7, 11) is 3.11. The molecule has 2 aromatic carbocycles. The summed E-state index contributed by atoms with van der Waals surface area (Å²) in [4.78, 5) is 9.64. The highest BCUT2D eigenvalue weighted by Gasteiger charge is 2.23. The normalized spacial score (nSPS) is 11.3. The highest BCUT2D eigenvalue weighted by molar-refractivity contribution is 6.12. The molecule has 6 nitrogen and oxygen atoms in total. The molecule has 0 saturated carbocycles. The molecule has 0 fully saturated rings. The standard InChI is InChI=1S/C20H20N2O4/c1-4-25-20-18(21-19(26-20)15-8-6-5-7-9-15)17(22-24-3)14-10-12-16(23-2)13-11-14/h5-13H,4H2,1-3H3/b22-17+. The maximum Gasteiger partial charge on any atom is 0.315 e. The molecule has 0 amide bonds. The Hall–Kier alpha value is -3.28. The van der Waals surface area contributed by atoms with Gasteiger partial charge in [-0.1, -0.05) is 23.4 Å². The predicted octanol–water partition coefficient (Wildman–Crippen LogP) is 4.15. The molecule has 0 atom stereocenters. The van der Waals surface area contributed by atoms with Crippen molar-refractivity contribution in [1.29, 1.82) is 0 Å². The van der Waals surface area contributed by atoms with Gasteiger partial charge in [0, 0.05) is 11.1 Å². The number of hydrogen-bond donors (Lipinski definition) is 0. The van der Waals surface area contributed by atoms with Gasteiger partial charge < -0.3 is 18.7 Å². The van der Waals surface area contributed by atoms with Crippen molar-refractivity contribution in [2.75, 3.05) is 20.8 Å². The Morgan fingerprint density at radius 1 is 1.04 bits per heavy atom. The van der Waals surface area contributed by atoms with E-state index in [4.69, 9.17) is 18.7 Å². The van der Waals surface area contributed by atoms with E-state index in [0.29, 0.717) is 29.8 Å². The number of rotatable bonds is 7. The number of benzene rings is 2. The van der Waals surface area contributed by atoms with Gasteiger partial charge in [-0.05, 0) is 43.3 Å². The minimum atomic E-state index is 0.304. The number of oxazole rings is 1. The highest BCUT2D eigenvalue weighted by Crippen LogP contribution is 2.30. The quantitative estimate of drug-likeness (QED) is 0.472. The third-order valence-corrected chi connectivity index (χ3v) is 3.66. The molecule has 3 aromatic rings. The summed E-state index contributed by atoms with van der Waals surface area (Å²) in [6.07, 6.45) is 0. The van der Waals surface area contributed by atoms with E-state index in [2.05, 4.69) is 10.1 Å². The summed E-state index contributed by atoms with van der Waals surface area (Å²) in [6, 6.07) is 17.1. The van der Waals surface area contributed by atoms with Gasteiger partial charge in [0.2, 0.25) is 5.89 Å². The van der Waals surface area contributed by atoms with Crippen LogP contribution in [0.4, 0.5) is 0 Å². The fourth-order valence-corrected chi connectivity index (χ4v) is 2.46. The van der Waals surface area contributed by atoms with E-state index in [0.717, 1.165) is 16.9 Å². The van der Waals surface area contributed by atoms with Gasteiger partial charge in [0.05, 0.1) is 13.7 Å². The van der Waals surface area contributed by atoms with Crippen molar-refractivity contribution >= 4 is 5.71 Å². The highest BCUT2D eigenvalue weighted by atomic mass is 16.6. The van der Waals surface area contributed by atoms with Crippen molar-refractivity contribution in [3.8, 4) is 23.1 Å². The molecule has 0 aliphatic rings. The lowest BCUT2D eigenvalue weighted by molar-refractivity contribution is 0.213. The Bertz CT molecular complexity index is 871. The summed E-state index contributed by atoms with van der Waals surface area (Å²) in [5.41, 5.74) is 2.66. The molecule has 0 radical (unpaired) electrons. The zero-order chi connectivity index (χ0) is 18.4. The van der Waals surface area contributed by atoms with Gasteiger partial charge in [0.1, 0.15) is 18.6 Å². The molecule has 3 rings (SSSR count). The van der Waals surface area contributed by atoms with Crippen LogP contribution in [0.15, 0.2) is 64.2 Å². The lowest BCUT2D eigenvalue weighted by Crippen LogP contribution is -2.07. The van der Waals surface area contributed by atoms with Gasteiger partial charge >= 0.3 is 5.95 Å². The second-order valence-corrected chi connectivity index (χ2v) is 5.31. The summed E-state index contributed by atoms with van der Waals surface area (Å²) in [5, 5.41) is 4.14. The topological polar surface area (TPSA) is 66.1 Å². The molecule has 0 aliphatic carbocycles. The number of nitrogens with zero attached hydrogens (tertiary/aromatic N) is 2. The lowest BCUT2D eigenvalue weighted by atomic mass is 10.1. The van der Waals surface area contributed by atoms with Crippen molar-refractivity contribution in [3.63, 3.8) is 0 Å². The van der Waals surface area contributed by atoms with E-state index in [1.807, 2.05) is 61.5 Å². The first-order valence-corrected chi connectivity index (χ1v) is 8.21. The van der Waals surface area contributed by atoms with Gasteiger partial charge in [-0.2, -0.15) is 0 Å². The monoisotopic (exact) mass is 352 g/mol. The molecule has 0 aliphatic heterocycles. The van der Waals surface area contributed by atoms with E-state index in [9.17, 15) is 0 Å². The fraction of sp³-hybridized carbons (Fsp3) is 0.200. The van der Waals surface area contributed by atoms with E-state index < -0.39 is 0 Å². The minimum Gasteiger partial charge on any atom is -0.497 e. The molecule has 1 heterocycles. The van der Waals surface area contributed by atoms with Crippen LogP contribution in [0.1, 0.15) is 18.2 Å². The zero-order valence-electron chi connectivity index (χ0n) is 14.9. The van der Waals surface area contributed by atoms with Crippen molar-refractivity contribution < 1.29 is 18.7 Å². The largest absolute Gasteiger partial charge is 0.497 e. The molecule has 1 aromatic heterocycles. The maximum absolute atomic E-state index is 5.84. The molecule has 26 heavy (non-hydrogen) atoms. The predicted molar refractivity (Wildman–Crippen MR) is 98.8 cm³/mol. The van der Waals surface area contributed by atoms with E-state index in [1.165, 1.54) is 7.11 Å². The van der Waals surface area contributed by atoms with E-state index in [-0.39, 0.29) is 0 Å². The Morgan fingerprint density at radius 3 is 2.38 bits per heavy atom. The van der Waals surface area contributed by atoms with Crippen LogP contribution in [0.5, 0.6) is 11.7 Å². The Labute approximate surface area is 152 Å². The van der Waals surface area contributed by atoms with Crippen LogP contribution in [0.3, 0.4) is 0 Å². The maximum atomic E-state index is 5.84. The first kappa shape index (κ1) is 17.5. The second kappa shape index (κ2) is 8.20. The van der Waals surface area contributed by atoms with Crippen molar-refractivity contribution in [2.24, 2.45) is 5.16 Å². The summed E-state index contributed by atoms with van der Waals surface area (Å²) < 4.78 is 16.7. The van der Waals surface area contributed by atoms with Crippen molar-refractivity contribution in [1.82, 2.24) is 4.98 Å². The molecule has 0 saturated heterocycles. The molecule has 0 N–H and O–H groups in total. The Kier molecular flexibility index (Phi) is 5.53. The number of oxime groups is 1. The molecule has 0 unspecified atom stereocenters. The Balaban J connectivity index is 2.08. The van der Waals surface area contributed by atoms with Gasteiger partial charge in [0.15, 0.2) is 5.69 Å². The van der Waals surface area contributed by atoms with E-state index >= 15 is 0 Å². The SMILES string of the molecule is CCOc1oc(-c2ccccc2)nc1/C(=N/OC)c1ccc(OC)cc1. The van der Waals surface area contributed by atoms with Crippen molar-refractivity contribution in [2.45, 2.75) is 6.92 Å². The number of ether oxygens (including phenoxy) is 2. The number of methoxy groups -OCH3 is 1. The first-order valence-electron chi connectivity index (χ1n) is 8.21. The fourth-order valence-electron chi connectivity index (χ4n) is 2.46. The van der Waals surface area contributed by atoms with Crippen LogP contribution in [0.2, 0.25) is 0 Å². The van der Waals surface area contributed by atoms with Gasteiger partial charge in [-0.15, -0.1) is 0 Å². The lowest BCUT2D eigenvalue weighted by Gasteiger charge is -2.06. The second-order valence-electron chi connectivity index (χ2n) is 5.31. The number of hydrogen-bond acceptors (Lipinski definition) is 6.